The van der Waals surface area contributed by atoms with Crippen molar-refractivity contribution in [1.29, 1.82) is 0 Å². The van der Waals surface area contributed by atoms with Gasteiger partial charge in [0.15, 0.2) is 0 Å². The molecule has 0 bridgehead atoms. The quantitative estimate of drug-likeness (QED) is 0.153. The van der Waals surface area contributed by atoms with Gasteiger partial charge in [-0.15, -0.1) is 0 Å². The van der Waals surface area contributed by atoms with E-state index in [0.717, 1.165) is 10.2 Å². The number of halogens is 1. The number of hydrogen-bond acceptors (Lipinski definition) is 8. The van der Waals surface area contributed by atoms with E-state index in [1.165, 1.54) is 41.6 Å². The van der Waals surface area contributed by atoms with Crippen molar-refractivity contribution in [3.8, 4) is 5.69 Å². The van der Waals surface area contributed by atoms with Crippen LogP contribution < -0.4 is 16.6 Å². The minimum atomic E-state index is -0.796. The minimum Gasteiger partial charge on any atom is -0.395 e. The molecule has 12 heteroatoms. The molecule has 0 radical (unpaired) electrons. The van der Waals surface area contributed by atoms with E-state index in [4.69, 9.17) is 15.6 Å². The molecular formula is C35H39FN6O5. The number of nitrogens with one attached hydrogen (secondary N) is 1. The van der Waals surface area contributed by atoms with Crippen LogP contribution >= 0.6 is 0 Å². The van der Waals surface area contributed by atoms with E-state index in [1.54, 1.807) is 31.3 Å². The molecule has 47 heavy (non-hydrogen) atoms. The molecule has 4 rings (SSSR count). The highest BCUT2D eigenvalue weighted by Crippen LogP contribution is 2.29. The molecule has 0 atom stereocenters. The third-order valence-corrected chi connectivity index (χ3v) is 7.52. The number of aliphatic hydroxyl groups is 1. The summed E-state index contributed by atoms with van der Waals surface area (Å²) in [7, 11) is 1.56. The van der Waals surface area contributed by atoms with Crippen molar-refractivity contribution in [2.45, 2.75) is 39.7 Å². The summed E-state index contributed by atoms with van der Waals surface area (Å²) in [5.41, 5.74) is 7.52. The topological polar surface area (TPSA) is 153 Å². The first-order valence-electron chi connectivity index (χ1n) is 15.0. The molecule has 2 amide bonds. The van der Waals surface area contributed by atoms with Crippen LogP contribution in [0.5, 0.6) is 0 Å². The Labute approximate surface area is 272 Å². The summed E-state index contributed by atoms with van der Waals surface area (Å²) in [5, 5.41) is 16.7. The normalized spacial score (nSPS) is 11.9. The number of rotatable bonds is 12. The zero-order valence-electron chi connectivity index (χ0n) is 27.1. The fourth-order valence-electron chi connectivity index (χ4n) is 4.89. The number of carbonyl (C=O) groups excluding carboxylic acids is 2. The molecule has 0 fully saturated rings. The number of ether oxygens (including phenoxy) is 1. The van der Waals surface area contributed by atoms with Gasteiger partial charge in [-0.2, -0.15) is 9.78 Å². The Morgan fingerprint density at radius 1 is 1.19 bits per heavy atom. The average molecular weight is 643 g/mol. The van der Waals surface area contributed by atoms with Crippen LogP contribution in [0.3, 0.4) is 0 Å². The molecule has 0 unspecified atom stereocenters. The van der Waals surface area contributed by atoms with Crippen LogP contribution in [-0.4, -0.2) is 63.4 Å². The number of aliphatic hydroxyl groups excluding tert-OH is 1. The second kappa shape index (κ2) is 14.5. The molecule has 0 saturated heterocycles. The second-order valence-electron chi connectivity index (χ2n) is 11.9. The highest BCUT2D eigenvalue weighted by molar-refractivity contribution is 5.98. The number of carbonyl (C=O) groups is 2. The first-order chi connectivity index (χ1) is 22.3. The Balaban J connectivity index is 1.73. The lowest BCUT2D eigenvalue weighted by atomic mass is 9.86. The summed E-state index contributed by atoms with van der Waals surface area (Å²) >= 11 is 0. The smallest absolute Gasteiger partial charge is 0.282 e. The van der Waals surface area contributed by atoms with Crippen molar-refractivity contribution >= 4 is 34.0 Å². The van der Waals surface area contributed by atoms with E-state index in [-0.39, 0.29) is 48.0 Å². The number of nitrogens with zero attached hydrogens (tertiary/aromatic N) is 4. The van der Waals surface area contributed by atoms with Crippen molar-refractivity contribution in [2.24, 2.45) is 5.73 Å². The predicted octanol–water partition coefficient (Wildman–Crippen LogP) is 4.31. The van der Waals surface area contributed by atoms with E-state index >= 15 is 4.39 Å². The first-order valence-corrected chi connectivity index (χ1v) is 15.0. The van der Waals surface area contributed by atoms with Crippen LogP contribution in [0.15, 0.2) is 78.0 Å². The van der Waals surface area contributed by atoms with Gasteiger partial charge >= 0.3 is 0 Å². The molecule has 4 N–H and O–H groups in total. The Morgan fingerprint density at radius 3 is 2.55 bits per heavy atom. The molecule has 0 spiro atoms. The standard InChI is InChI=1S/C35H39FN6O5/c1-7-47-20-26-25(21(2)15-28(32(37)44)40-30-12-11-22(18-38-30)33(45)41(6)13-14-43)9-8-10-29(26)42-34(46)31-23(19-39-42)16-24(17-27(31)36)35(3,4)5/h8-12,15-19,43H,2,7,13-14,20H2,1,3-6H3,(H2,37,44)(H,38,40)/b28-15+. The fraction of sp³-hybridized carbons (Fsp3) is 0.286. The van der Waals surface area contributed by atoms with Crippen molar-refractivity contribution < 1.29 is 23.8 Å². The molecule has 4 aromatic rings. The first kappa shape index (κ1) is 34.7. The summed E-state index contributed by atoms with van der Waals surface area (Å²) in [4.78, 5) is 44.2. The van der Waals surface area contributed by atoms with Gasteiger partial charge in [0.1, 0.15) is 17.3 Å². The van der Waals surface area contributed by atoms with E-state index < -0.39 is 17.3 Å². The van der Waals surface area contributed by atoms with Gasteiger partial charge in [0.2, 0.25) is 0 Å². The number of fused-ring (bicyclic) bond motifs is 1. The molecule has 0 aliphatic carbocycles. The van der Waals surface area contributed by atoms with Crippen LogP contribution in [0, 0.1) is 5.82 Å². The number of aromatic nitrogens is 3. The van der Waals surface area contributed by atoms with Gasteiger partial charge in [-0.25, -0.2) is 9.37 Å². The van der Waals surface area contributed by atoms with Crippen molar-refractivity contribution in [1.82, 2.24) is 19.7 Å². The molecular weight excluding hydrogens is 603 g/mol. The number of primary amides is 1. The van der Waals surface area contributed by atoms with Crippen LogP contribution in [0.1, 0.15) is 54.7 Å². The molecule has 2 heterocycles. The van der Waals surface area contributed by atoms with E-state index in [9.17, 15) is 14.4 Å². The molecule has 0 aliphatic rings. The number of amides is 2. The predicted molar refractivity (Wildman–Crippen MR) is 180 cm³/mol. The van der Waals surface area contributed by atoms with E-state index in [2.05, 4.69) is 22.0 Å². The lowest BCUT2D eigenvalue weighted by Crippen LogP contribution is -2.29. The Kier molecular flexibility index (Phi) is 10.7. The number of benzene rings is 2. The Hall–Kier alpha value is -5.20. The van der Waals surface area contributed by atoms with Gasteiger partial charge in [-0.1, -0.05) is 39.5 Å². The number of allylic oxidation sites excluding steroid dienone is 2. The van der Waals surface area contributed by atoms with E-state index in [0.29, 0.717) is 39.9 Å². The maximum Gasteiger partial charge on any atom is 0.282 e. The molecule has 2 aromatic carbocycles. The molecule has 0 aliphatic heterocycles. The second-order valence-corrected chi connectivity index (χ2v) is 11.9. The van der Waals surface area contributed by atoms with Gasteiger partial charge < -0.3 is 25.8 Å². The van der Waals surface area contributed by atoms with Crippen LogP contribution in [0.25, 0.3) is 22.0 Å². The van der Waals surface area contributed by atoms with Crippen LogP contribution in [0.4, 0.5) is 10.2 Å². The summed E-state index contributed by atoms with van der Waals surface area (Å²) in [6.07, 6.45) is 4.25. The zero-order chi connectivity index (χ0) is 34.5. The Morgan fingerprint density at radius 2 is 1.94 bits per heavy atom. The molecule has 2 aromatic heterocycles. The average Bonchev–Trinajstić information content (AvgIpc) is 3.03. The van der Waals surface area contributed by atoms with Crippen molar-refractivity contribution in [3.63, 3.8) is 0 Å². The number of nitrogens with two attached hydrogens (primary N) is 1. The monoisotopic (exact) mass is 642 g/mol. The Bertz CT molecular complexity index is 1910. The van der Waals surface area contributed by atoms with Gasteiger partial charge in [-0.05, 0) is 65.4 Å². The third-order valence-electron chi connectivity index (χ3n) is 7.52. The van der Waals surface area contributed by atoms with Gasteiger partial charge in [0, 0.05) is 37.3 Å². The molecule has 11 nitrogen and oxygen atoms in total. The van der Waals surface area contributed by atoms with Gasteiger partial charge in [0.25, 0.3) is 17.4 Å². The maximum absolute atomic E-state index is 15.4. The summed E-state index contributed by atoms with van der Waals surface area (Å²) in [6, 6.07) is 11.3. The van der Waals surface area contributed by atoms with Gasteiger partial charge in [0.05, 0.1) is 36.0 Å². The highest BCUT2D eigenvalue weighted by atomic mass is 19.1. The SMILES string of the molecule is C=C(/C=C(/Nc1ccc(C(=O)N(C)CCO)cn1)C(N)=O)c1cccc(-n2ncc3cc(C(C)(C)C)cc(F)c3c2=O)c1COCC. The number of likely N-dealkylation sites (N-methyl/N-ethyl adjacent to an activating group) is 1. The third kappa shape index (κ3) is 7.79. The summed E-state index contributed by atoms with van der Waals surface area (Å²) in [5.74, 6) is -1.51. The van der Waals surface area contributed by atoms with Crippen molar-refractivity contribution in [3.05, 3.63) is 112 Å². The zero-order valence-corrected chi connectivity index (χ0v) is 27.1. The largest absolute Gasteiger partial charge is 0.395 e. The van der Waals surface area contributed by atoms with Gasteiger partial charge in [-0.3, -0.25) is 14.4 Å². The highest BCUT2D eigenvalue weighted by Gasteiger charge is 2.21. The summed E-state index contributed by atoms with van der Waals surface area (Å²) < 4.78 is 22.3. The maximum atomic E-state index is 15.4. The van der Waals surface area contributed by atoms with Crippen molar-refractivity contribution in [2.75, 3.05) is 32.1 Å². The van der Waals surface area contributed by atoms with Crippen LogP contribution in [-0.2, 0) is 21.6 Å². The number of hydrogen-bond donors (Lipinski definition) is 3. The lowest BCUT2D eigenvalue weighted by Gasteiger charge is -2.20. The molecule has 246 valence electrons. The fourth-order valence-corrected chi connectivity index (χ4v) is 4.89. The number of pyridine rings is 1. The minimum absolute atomic E-state index is 0.0375. The lowest BCUT2D eigenvalue weighted by molar-refractivity contribution is -0.114. The van der Waals surface area contributed by atoms with E-state index in [1.807, 2.05) is 27.7 Å². The number of anilines is 1. The summed E-state index contributed by atoms with van der Waals surface area (Å²) in [6.45, 7) is 12.3. The molecule has 0 saturated carbocycles. The van der Waals surface area contributed by atoms with Crippen LogP contribution in [0.2, 0.25) is 0 Å².